The van der Waals surface area contributed by atoms with Gasteiger partial charge < -0.3 is 4.57 Å². The molecule has 0 aliphatic rings. The molecule has 0 amide bonds. The Hall–Kier alpha value is -1.46. The summed E-state index contributed by atoms with van der Waals surface area (Å²) < 4.78 is 7.92. The molecular formula is C23H26Cl2NO2S+. The summed E-state index contributed by atoms with van der Waals surface area (Å²) in [5.41, 5.74) is 2.65. The highest BCUT2D eigenvalue weighted by molar-refractivity contribution is 7.93. The van der Waals surface area contributed by atoms with Gasteiger partial charge in [-0.2, -0.15) is 4.18 Å². The Morgan fingerprint density at radius 2 is 1.66 bits per heavy atom. The summed E-state index contributed by atoms with van der Waals surface area (Å²) in [6.07, 6.45) is 2.64. The Bertz CT molecular complexity index is 1060. The lowest BCUT2D eigenvalue weighted by Gasteiger charge is -2.17. The molecule has 1 aromatic heterocycles. The Kier molecular flexibility index (Phi) is 7.00. The van der Waals surface area contributed by atoms with Gasteiger partial charge in [0.05, 0.1) is 12.1 Å². The van der Waals surface area contributed by atoms with Gasteiger partial charge in [0.15, 0.2) is 4.75 Å². The first-order valence-corrected chi connectivity index (χ1v) is 11.8. The summed E-state index contributed by atoms with van der Waals surface area (Å²) in [5, 5.41) is 2.29. The van der Waals surface area contributed by atoms with Crippen molar-refractivity contribution >= 4 is 45.3 Å². The Morgan fingerprint density at radius 3 is 2.31 bits per heavy atom. The minimum atomic E-state index is -0.193. The molecule has 29 heavy (non-hydrogen) atoms. The van der Waals surface area contributed by atoms with E-state index in [4.69, 9.17) is 27.4 Å². The van der Waals surface area contributed by atoms with Crippen LogP contribution in [-0.2, 0) is 28.3 Å². The monoisotopic (exact) mass is 450 g/mol. The molecule has 3 rings (SSSR count). The number of aromatic nitrogens is 1. The first kappa shape index (κ1) is 22.2. The van der Waals surface area contributed by atoms with E-state index in [0.717, 1.165) is 22.0 Å². The van der Waals surface area contributed by atoms with Crippen LogP contribution in [0.25, 0.3) is 10.9 Å². The van der Waals surface area contributed by atoms with Crippen molar-refractivity contribution in [2.45, 2.75) is 38.5 Å². The second kappa shape index (κ2) is 9.13. The molecule has 0 saturated carbocycles. The molecule has 0 bridgehead atoms. The topological polar surface area (TPSA) is 31.2 Å². The lowest BCUT2D eigenvalue weighted by molar-refractivity contribution is 0.330. The van der Waals surface area contributed by atoms with Gasteiger partial charge in [-0.15, -0.1) is 0 Å². The molecule has 0 aliphatic carbocycles. The SMILES string of the molecule is C[S+](OCCn1c(=O)c(Cc2ccc(Cl)cc2)cc2cc(Cl)ccc21)C(C)(C)C. The van der Waals surface area contributed by atoms with Gasteiger partial charge in [-0.05, 0) is 62.7 Å². The fraction of sp³-hybridized carbons (Fsp3) is 0.348. The van der Waals surface area contributed by atoms with Gasteiger partial charge in [-0.25, -0.2) is 0 Å². The van der Waals surface area contributed by atoms with E-state index in [-0.39, 0.29) is 21.5 Å². The van der Waals surface area contributed by atoms with Gasteiger partial charge in [0.1, 0.15) is 24.0 Å². The normalized spacial score (nSPS) is 13.0. The Balaban J connectivity index is 1.95. The van der Waals surface area contributed by atoms with Gasteiger partial charge in [-0.1, -0.05) is 35.3 Å². The smallest absolute Gasteiger partial charge is 0.254 e. The van der Waals surface area contributed by atoms with Crippen molar-refractivity contribution < 1.29 is 4.18 Å². The van der Waals surface area contributed by atoms with Gasteiger partial charge in [0.25, 0.3) is 5.56 Å². The van der Waals surface area contributed by atoms with Gasteiger partial charge >= 0.3 is 0 Å². The van der Waals surface area contributed by atoms with Crippen LogP contribution in [0.15, 0.2) is 53.3 Å². The van der Waals surface area contributed by atoms with Crippen LogP contribution in [0.4, 0.5) is 0 Å². The molecule has 6 heteroatoms. The number of halogens is 2. The maximum atomic E-state index is 13.3. The highest BCUT2D eigenvalue weighted by atomic mass is 35.5. The van der Waals surface area contributed by atoms with Crippen LogP contribution >= 0.6 is 23.2 Å². The zero-order valence-corrected chi connectivity index (χ0v) is 19.5. The molecule has 0 saturated heterocycles. The van der Waals surface area contributed by atoms with E-state index in [1.54, 1.807) is 4.57 Å². The molecular weight excluding hydrogens is 425 g/mol. The standard InChI is InChI=1S/C23H26Cl2NO2S/c1-23(2,3)29(4)28-12-11-26-21-10-9-20(25)15-17(21)14-18(22(26)27)13-16-5-7-19(24)8-6-16/h5-10,14-15H,11-13H2,1-4H3/q+1. The van der Waals surface area contributed by atoms with Crippen LogP contribution in [0, 0.1) is 0 Å². The highest BCUT2D eigenvalue weighted by Gasteiger charge is 2.31. The lowest BCUT2D eigenvalue weighted by atomic mass is 10.0. The van der Waals surface area contributed by atoms with Crippen molar-refractivity contribution in [3.05, 3.63) is 80.1 Å². The maximum Gasteiger partial charge on any atom is 0.254 e. The number of hydrogen-bond acceptors (Lipinski definition) is 2. The molecule has 1 unspecified atom stereocenters. The van der Waals surface area contributed by atoms with E-state index in [2.05, 4.69) is 27.0 Å². The molecule has 1 heterocycles. The molecule has 0 fully saturated rings. The van der Waals surface area contributed by atoms with Crippen LogP contribution in [0.5, 0.6) is 0 Å². The first-order chi connectivity index (χ1) is 13.6. The summed E-state index contributed by atoms with van der Waals surface area (Å²) >= 11 is 12.0. The summed E-state index contributed by atoms with van der Waals surface area (Å²) in [5.74, 6) is 0. The first-order valence-electron chi connectivity index (χ1n) is 9.51. The predicted molar refractivity (Wildman–Crippen MR) is 126 cm³/mol. The van der Waals surface area contributed by atoms with Crippen LogP contribution in [-0.4, -0.2) is 22.2 Å². The zero-order valence-electron chi connectivity index (χ0n) is 17.2. The molecule has 0 radical (unpaired) electrons. The molecule has 1 atom stereocenters. The van der Waals surface area contributed by atoms with Crippen molar-refractivity contribution in [1.82, 2.24) is 4.57 Å². The van der Waals surface area contributed by atoms with E-state index >= 15 is 0 Å². The van der Waals surface area contributed by atoms with E-state index in [9.17, 15) is 4.79 Å². The highest BCUT2D eigenvalue weighted by Crippen LogP contribution is 2.22. The molecule has 0 N–H and O–H groups in total. The van der Waals surface area contributed by atoms with Crippen molar-refractivity contribution in [3.63, 3.8) is 0 Å². The van der Waals surface area contributed by atoms with Crippen molar-refractivity contribution in [2.75, 3.05) is 12.9 Å². The number of benzene rings is 2. The third-order valence-electron chi connectivity index (χ3n) is 4.88. The van der Waals surface area contributed by atoms with E-state index in [1.807, 2.05) is 48.5 Å². The van der Waals surface area contributed by atoms with Crippen LogP contribution < -0.4 is 5.56 Å². The summed E-state index contributed by atoms with van der Waals surface area (Å²) in [6, 6.07) is 15.1. The molecule has 0 aliphatic heterocycles. The number of hydrogen-bond donors (Lipinski definition) is 0. The van der Waals surface area contributed by atoms with E-state index in [1.165, 1.54) is 0 Å². The quantitative estimate of drug-likeness (QED) is 0.439. The minimum absolute atomic E-state index is 0.00474. The summed E-state index contributed by atoms with van der Waals surface area (Å²) in [6.45, 7) is 7.46. The average Bonchev–Trinajstić information content (AvgIpc) is 2.65. The van der Waals surface area contributed by atoms with Crippen LogP contribution in [0.2, 0.25) is 10.0 Å². The predicted octanol–water partition coefficient (Wildman–Crippen LogP) is 5.88. The Morgan fingerprint density at radius 1 is 1.00 bits per heavy atom. The van der Waals surface area contributed by atoms with Crippen LogP contribution in [0.1, 0.15) is 31.9 Å². The lowest BCUT2D eigenvalue weighted by Crippen LogP contribution is -2.31. The molecule has 2 aromatic carbocycles. The number of nitrogens with zero attached hydrogens (tertiary/aromatic N) is 1. The van der Waals surface area contributed by atoms with E-state index < -0.39 is 0 Å². The molecule has 3 nitrogen and oxygen atoms in total. The molecule has 0 spiro atoms. The Labute approximate surface area is 185 Å². The fourth-order valence-corrected chi connectivity index (χ4v) is 4.00. The second-order valence-electron chi connectivity index (χ2n) is 8.02. The summed E-state index contributed by atoms with van der Waals surface area (Å²) in [4.78, 5) is 13.3. The number of fused-ring (bicyclic) bond motifs is 1. The largest absolute Gasteiger partial charge is 0.305 e. The van der Waals surface area contributed by atoms with Crippen molar-refractivity contribution in [2.24, 2.45) is 0 Å². The third kappa shape index (κ3) is 5.58. The summed E-state index contributed by atoms with van der Waals surface area (Å²) in [7, 11) is 0. The van der Waals surface area contributed by atoms with Gasteiger partial charge in [0, 0.05) is 27.4 Å². The third-order valence-corrected chi connectivity index (χ3v) is 7.61. The second-order valence-corrected chi connectivity index (χ2v) is 11.3. The fourth-order valence-electron chi connectivity index (χ4n) is 3.02. The van der Waals surface area contributed by atoms with Crippen LogP contribution in [0.3, 0.4) is 0 Å². The molecule has 3 aromatic rings. The minimum Gasteiger partial charge on any atom is -0.305 e. The van der Waals surface area contributed by atoms with E-state index in [0.29, 0.717) is 29.6 Å². The van der Waals surface area contributed by atoms with Crippen molar-refractivity contribution in [1.29, 1.82) is 0 Å². The van der Waals surface area contributed by atoms with Gasteiger partial charge in [-0.3, -0.25) is 4.79 Å². The average molecular weight is 451 g/mol. The van der Waals surface area contributed by atoms with Crippen molar-refractivity contribution in [3.8, 4) is 0 Å². The van der Waals surface area contributed by atoms with Gasteiger partial charge in [0.2, 0.25) is 0 Å². The zero-order chi connectivity index (χ0) is 21.2. The number of rotatable bonds is 6. The maximum absolute atomic E-state index is 13.3. The number of pyridine rings is 1. The molecule has 154 valence electrons.